The van der Waals surface area contributed by atoms with Crippen molar-refractivity contribution in [2.45, 2.75) is 38.1 Å². The molecular weight excluding hydrogens is 376 g/mol. The molecule has 1 unspecified atom stereocenters. The van der Waals surface area contributed by atoms with Gasteiger partial charge in [0.05, 0.1) is 0 Å². The Morgan fingerprint density at radius 2 is 1.86 bits per heavy atom. The summed E-state index contributed by atoms with van der Waals surface area (Å²) in [6.07, 6.45) is 2.59. The second-order valence-corrected chi connectivity index (χ2v) is 7.50. The number of likely N-dealkylation sites (N-methyl/N-ethyl adjacent to an activating group) is 1. The van der Waals surface area contributed by atoms with Gasteiger partial charge < -0.3 is 10.2 Å². The van der Waals surface area contributed by atoms with E-state index in [2.05, 4.69) is 5.32 Å². The smallest absolute Gasteiger partial charge is 0.254 e. The Kier molecular flexibility index (Phi) is 5.84. The molecule has 2 amide bonds. The lowest BCUT2D eigenvalue weighted by atomic mass is 9.74. The average molecular weight is 399 g/mol. The fourth-order valence-electron chi connectivity index (χ4n) is 3.93. The SMILES string of the molecule is CC(=O)Nc1cccc(C(=O)N(C)C2(c3ccccc3Cl)CCCCC2=O)c1. The van der Waals surface area contributed by atoms with Gasteiger partial charge in [-0.15, -0.1) is 0 Å². The minimum absolute atomic E-state index is 0.000663. The molecule has 1 atom stereocenters. The van der Waals surface area contributed by atoms with Crippen LogP contribution in [0.3, 0.4) is 0 Å². The lowest BCUT2D eigenvalue weighted by Crippen LogP contribution is -2.54. The molecule has 5 nitrogen and oxygen atoms in total. The first-order valence-electron chi connectivity index (χ1n) is 9.30. The number of Topliss-reactive ketones (excluding diaryl/α,β-unsaturated/α-hetero) is 1. The van der Waals surface area contributed by atoms with Crippen LogP contribution in [0.25, 0.3) is 0 Å². The summed E-state index contributed by atoms with van der Waals surface area (Å²) in [5.74, 6) is -0.504. The normalized spacial score (nSPS) is 19.2. The van der Waals surface area contributed by atoms with E-state index in [1.807, 2.05) is 18.2 Å². The average Bonchev–Trinajstić information content (AvgIpc) is 2.68. The number of ketones is 1. The van der Waals surface area contributed by atoms with E-state index >= 15 is 0 Å². The quantitative estimate of drug-likeness (QED) is 0.829. The highest BCUT2D eigenvalue weighted by Gasteiger charge is 2.48. The third kappa shape index (κ3) is 3.67. The summed E-state index contributed by atoms with van der Waals surface area (Å²) in [6, 6.07) is 13.9. The molecule has 6 heteroatoms. The van der Waals surface area contributed by atoms with E-state index in [1.165, 1.54) is 11.8 Å². The monoisotopic (exact) mass is 398 g/mol. The maximum atomic E-state index is 13.3. The van der Waals surface area contributed by atoms with Crippen LogP contribution in [0.5, 0.6) is 0 Å². The molecule has 1 aliphatic rings. The highest BCUT2D eigenvalue weighted by atomic mass is 35.5. The standard InChI is InChI=1S/C22H23ClN2O3/c1-15(26)24-17-9-7-8-16(14-17)21(28)25(2)22(13-6-5-12-20(22)27)18-10-3-4-11-19(18)23/h3-4,7-11,14H,5-6,12-13H2,1-2H3,(H,24,26). The van der Waals surface area contributed by atoms with Crippen molar-refractivity contribution in [3.63, 3.8) is 0 Å². The fraction of sp³-hybridized carbons (Fsp3) is 0.318. The van der Waals surface area contributed by atoms with Crippen molar-refractivity contribution in [3.05, 3.63) is 64.7 Å². The number of anilines is 1. The number of rotatable bonds is 4. The van der Waals surface area contributed by atoms with Gasteiger partial charge in [-0.1, -0.05) is 35.9 Å². The van der Waals surface area contributed by atoms with Crippen molar-refractivity contribution in [1.29, 1.82) is 0 Å². The lowest BCUT2D eigenvalue weighted by molar-refractivity contribution is -0.132. The van der Waals surface area contributed by atoms with Gasteiger partial charge in [-0.25, -0.2) is 0 Å². The molecule has 0 heterocycles. The topological polar surface area (TPSA) is 66.5 Å². The van der Waals surface area contributed by atoms with Crippen LogP contribution >= 0.6 is 11.6 Å². The van der Waals surface area contributed by atoms with E-state index in [0.29, 0.717) is 34.7 Å². The molecule has 1 fully saturated rings. The van der Waals surface area contributed by atoms with Gasteiger partial charge in [0.2, 0.25) is 5.91 Å². The van der Waals surface area contributed by atoms with Gasteiger partial charge in [-0.2, -0.15) is 0 Å². The number of halogens is 1. The van der Waals surface area contributed by atoms with E-state index in [-0.39, 0.29) is 17.6 Å². The molecule has 2 aromatic rings. The fourth-order valence-corrected chi connectivity index (χ4v) is 4.22. The zero-order chi connectivity index (χ0) is 20.3. The number of carbonyl (C=O) groups is 3. The molecule has 1 N–H and O–H groups in total. The summed E-state index contributed by atoms with van der Waals surface area (Å²) in [6.45, 7) is 1.41. The molecule has 1 aliphatic carbocycles. The molecule has 0 aromatic heterocycles. The van der Waals surface area contributed by atoms with Crippen molar-refractivity contribution >= 4 is 34.9 Å². The van der Waals surface area contributed by atoms with E-state index in [0.717, 1.165) is 12.8 Å². The Bertz CT molecular complexity index is 928. The molecular formula is C22H23ClN2O3. The molecule has 0 aliphatic heterocycles. The van der Waals surface area contributed by atoms with Crippen LogP contribution in [-0.4, -0.2) is 29.5 Å². The first-order valence-corrected chi connectivity index (χ1v) is 9.68. The van der Waals surface area contributed by atoms with Crippen molar-refractivity contribution in [3.8, 4) is 0 Å². The first-order chi connectivity index (χ1) is 13.4. The van der Waals surface area contributed by atoms with Gasteiger partial charge in [0.1, 0.15) is 5.54 Å². The number of hydrogen-bond donors (Lipinski definition) is 1. The molecule has 146 valence electrons. The van der Waals surface area contributed by atoms with Crippen LogP contribution in [0.15, 0.2) is 48.5 Å². The van der Waals surface area contributed by atoms with E-state index in [4.69, 9.17) is 11.6 Å². The van der Waals surface area contributed by atoms with Gasteiger partial charge in [0.25, 0.3) is 5.91 Å². The van der Waals surface area contributed by atoms with Crippen molar-refractivity contribution < 1.29 is 14.4 Å². The van der Waals surface area contributed by atoms with E-state index in [9.17, 15) is 14.4 Å². The molecule has 3 rings (SSSR count). The minimum Gasteiger partial charge on any atom is -0.326 e. The molecule has 2 aromatic carbocycles. The highest BCUT2D eigenvalue weighted by Crippen LogP contribution is 2.42. The summed E-state index contributed by atoms with van der Waals surface area (Å²) in [4.78, 5) is 39.3. The van der Waals surface area contributed by atoms with Crippen LogP contribution < -0.4 is 5.32 Å². The zero-order valence-corrected chi connectivity index (χ0v) is 16.8. The lowest BCUT2D eigenvalue weighted by Gasteiger charge is -2.44. The Labute approximate surface area is 169 Å². The van der Waals surface area contributed by atoms with Gasteiger partial charge in [-0.05, 0) is 43.5 Å². The van der Waals surface area contributed by atoms with Crippen molar-refractivity contribution in [2.75, 3.05) is 12.4 Å². The number of amides is 2. The Hall–Kier alpha value is -2.66. The van der Waals surface area contributed by atoms with Gasteiger partial charge in [0, 0.05) is 42.2 Å². The van der Waals surface area contributed by atoms with Crippen LogP contribution in [0.4, 0.5) is 5.69 Å². The van der Waals surface area contributed by atoms with Crippen LogP contribution in [0.1, 0.15) is 48.5 Å². The largest absolute Gasteiger partial charge is 0.326 e. The highest BCUT2D eigenvalue weighted by molar-refractivity contribution is 6.31. The summed E-state index contributed by atoms with van der Waals surface area (Å²) < 4.78 is 0. The predicted octanol–water partition coefficient (Wildman–Crippen LogP) is 4.41. The Morgan fingerprint density at radius 3 is 2.54 bits per heavy atom. The minimum atomic E-state index is -1.09. The molecule has 0 bridgehead atoms. The third-order valence-electron chi connectivity index (χ3n) is 5.28. The first kappa shape index (κ1) is 20.1. The van der Waals surface area contributed by atoms with E-state index < -0.39 is 5.54 Å². The van der Waals surface area contributed by atoms with Crippen LogP contribution in [0, 0.1) is 0 Å². The molecule has 0 saturated heterocycles. The van der Waals surface area contributed by atoms with Gasteiger partial charge >= 0.3 is 0 Å². The van der Waals surface area contributed by atoms with Crippen LogP contribution in [-0.2, 0) is 15.1 Å². The summed E-state index contributed by atoms with van der Waals surface area (Å²) in [5, 5.41) is 3.16. The zero-order valence-electron chi connectivity index (χ0n) is 16.0. The predicted molar refractivity (Wildman–Crippen MR) is 109 cm³/mol. The summed E-state index contributed by atoms with van der Waals surface area (Å²) >= 11 is 6.45. The second kappa shape index (κ2) is 8.15. The maximum absolute atomic E-state index is 13.3. The van der Waals surface area contributed by atoms with Gasteiger partial charge in [-0.3, -0.25) is 14.4 Å². The maximum Gasteiger partial charge on any atom is 0.254 e. The van der Waals surface area contributed by atoms with Gasteiger partial charge in [0.15, 0.2) is 5.78 Å². The number of carbonyl (C=O) groups excluding carboxylic acids is 3. The Balaban J connectivity index is 2.04. The molecule has 0 radical (unpaired) electrons. The Morgan fingerprint density at radius 1 is 1.11 bits per heavy atom. The number of benzene rings is 2. The van der Waals surface area contributed by atoms with Crippen molar-refractivity contribution in [2.24, 2.45) is 0 Å². The third-order valence-corrected chi connectivity index (χ3v) is 5.61. The summed E-state index contributed by atoms with van der Waals surface area (Å²) in [7, 11) is 1.65. The van der Waals surface area contributed by atoms with Crippen LogP contribution in [0.2, 0.25) is 5.02 Å². The molecule has 28 heavy (non-hydrogen) atoms. The van der Waals surface area contributed by atoms with Crippen molar-refractivity contribution in [1.82, 2.24) is 4.90 Å². The summed E-state index contributed by atoms with van der Waals surface area (Å²) in [5.41, 5.74) is 0.514. The molecule has 1 saturated carbocycles. The number of nitrogens with one attached hydrogen (secondary N) is 1. The number of nitrogens with zero attached hydrogens (tertiary/aromatic N) is 1. The second-order valence-electron chi connectivity index (χ2n) is 7.10. The van der Waals surface area contributed by atoms with E-state index in [1.54, 1.807) is 37.4 Å². The number of hydrogen-bond acceptors (Lipinski definition) is 3. The molecule has 0 spiro atoms.